The normalized spacial score (nSPS) is 13.7. The molecule has 1 aromatic rings. The zero-order valence-corrected chi connectivity index (χ0v) is 12.2. The van der Waals surface area contributed by atoms with Crippen molar-refractivity contribution >= 4 is 0 Å². The van der Waals surface area contributed by atoms with E-state index in [1.165, 1.54) is 5.56 Å². The molecule has 0 amide bonds. The standard InChI is InChI=1S/C16H25NO2/c1-5-12(4)19-15-9-8-13(10-14(17)6-2)11-16(15)18-7-3/h5,8-9,11-12,14H,1,6-7,10,17H2,2-4H3. The average Bonchev–Trinajstić information content (AvgIpc) is 2.41. The highest BCUT2D eigenvalue weighted by Gasteiger charge is 2.10. The van der Waals surface area contributed by atoms with Crippen LogP contribution in [0.25, 0.3) is 0 Å². The minimum Gasteiger partial charge on any atom is -0.490 e. The fraction of sp³-hybridized carbons (Fsp3) is 0.500. The van der Waals surface area contributed by atoms with Crippen LogP contribution in [0.2, 0.25) is 0 Å². The molecular weight excluding hydrogens is 238 g/mol. The third-order valence-electron chi connectivity index (χ3n) is 2.98. The van der Waals surface area contributed by atoms with E-state index in [1.807, 2.05) is 32.0 Å². The first kappa shape index (κ1) is 15.6. The number of nitrogens with two attached hydrogens (primary N) is 1. The molecule has 1 rings (SSSR count). The molecule has 3 heteroatoms. The van der Waals surface area contributed by atoms with E-state index in [0.29, 0.717) is 6.61 Å². The molecule has 0 aliphatic rings. The Morgan fingerprint density at radius 2 is 2.05 bits per heavy atom. The zero-order chi connectivity index (χ0) is 14.3. The monoisotopic (exact) mass is 263 g/mol. The summed E-state index contributed by atoms with van der Waals surface area (Å²) >= 11 is 0. The van der Waals surface area contributed by atoms with Gasteiger partial charge in [-0.3, -0.25) is 0 Å². The second-order valence-electron chi connectivity index (χ2n) is 4.65. The first-order valence-electron chi connectivity index (χ1n) is 6.91. The largest absolute Gasteiger partial charge is 0.490 e. The molecule has 0 radical (unpaired) electrons. The molecule has 2 unspecified atom stereocenters. The van der Waals surface area contributed by atoms with Crippen molar-refractivity contribution in [2.24, 2.45) is 5.73 Å². The molecule has 2 atom stereocenters. The number of hydrogen-bond acceptors (Lipinski definition) is 3. The summed E-state index contributed by atoms with van der Waals surface area (Å²) in [7, 11) is 0. The van der Waals surface area contributed by atoms with Gasteiger partial charge in [-0.15, -0.1) is 0 Å². The third-order valence-corrected chi connectivity index (χ3v) is 2.98. The van der Waals surface area contributed by atoms with Gasteiger partial charge in [0, 0.05) is 6.04 Å². The van der Waals surface area contributed by atoms with E-state index in [-0.39, 0.29) is 12.1 Å². The highest BCUT2D eigenvalue weighted by molar-refractivity contribution is 5.43. The van der Waals surface area contributed by atoms with Gasteiger partial charge in [-0.25, -0.2) is 0 Å². The highest BCUT2D eigenvalue weighted by atomic mass is 16.5. The Bertz CT molecular complexity index is 404. The number of rotatable bonds is 8. The SMILES string of the molecule is C=CC(C)Oc1ccc(CC(N)CC)cc1OCC. The Hall–Kier alpha value is -1.48. The molecule has 0 heterocycles. The van der Waals surface area contributed by atoms with Gasteiger partial charge in [0.15, 0.2) is 11.5 Å². The second-order valence-corrected chi connectivity index (χ2v) is 4.65. The molecular formula is C16H25NO2. The quantitative estimate of drug-likeness (QED) is 0.732. The summed E-state index contributed by atoms with van der Waals surface area (Å²) in [4.78, 5) is 0. The zero-order valence-electron chi connectivity index (χ0n) is 12.2. The van der Waals surface area contributed by atoms with Crippen LogP contribution in [0.3, 0.4) is 0 Å². The van der Waals surface area contributed by atoms with Crippen LogP contribution in [-0.2, 0) is 6.42 Å². The number of benzene rings is 1. The molecule has 106 valence electrons. The fourth-order valence-electron chi connectivity index (χ4n) is 1.74. The third kappa shape index (κ3) is 4.95. The van der Waals surface area contributed by atoms with Crippen LogP contribution in [0.1, 0.15) is 32.8 Å². The van der Waals surface area contributed by atoms with E-state index in [2.05, 4.69) is 13.5 Å². The topological polar surface area (TPSA) is 44.5 Å². The van der Waals surface area contributed by atoms with Crippen LogP contribution in [-0.4, -0.2) is 18.8 Å². The molecule has 0 bridgehead atoms. The van der Waals surface area contributed by atoms with Crippen molar-refractivity contribution in [3.05, 3.63) is 36.4 Å². The van der Waals surface area contributed by atoms with Gasteiger partial charge < -0.3 is 15.2 Å². The Kier molecular flexibility index (Phi) is 6.43. The number of ether oxygens (including phenoxy) is 2. The van der Waals surface area contributed by atoms with Crippen LogP contribution in [0.4, 0.5) is 0 Å². The maximum absolute atomic E-state index is 5.98. The fourth-order valence-corrected chi connectivity index (χ4v) is 1.74. The lowest BCUT2D eigenvalue weighted by atomic mass is 10.0. The lowest BCUT2D eigenvalue weighted by Crippen LogP contribution is -2.21. The molecule has 0 saturated heterocycles. The van der Waals surface area contributed by atoms with Gasteiger partial charge in [-0.2, -0.15) is 0 Å². The van der Waals surface area contributed by atoms with E-state index in [4.69, 9.17) is 15.2 Å². The van der Waals surface area contributed by atoms with Crippen LogP contribution >= 0.6 is 0 Å². The molecule has 0 aliphatic carbocycles. The summed E-state index contributed by atoms with van der Waals surface area (Å²) in [6.07, 6.45) is 3.54. The molecule has 2 N–H and O–H groups in total. The van der Waals surface area contributed by atoms with Crippen molar-refractivity contribution in [2.45, 2.75) is 45.8 Å². The molecule has 0 aliphatic heterocycles. The van der Waals surface area contributed by atoms with Crippen molar-refractivity contribution in [1.29, 1.82) is 0 Å². The maximum atomic E-state index is 5.98. The molecule has 0 aromatic heterocycles. The minimum absolute atomic E-state index is 0.0389. The lowest BCUT2D eigenvalue weighted by Gasteiger charge is -2.17. The first-order valence-corrected chi connectivity index (χ1v) is 6.91. The molecule has 3 nitrogen and oxygen atoms in total. The summed E-state index contributed by atoms with van der Waals surface area (Å²) in [6, 6.07) is 6.20. The van der Waals surface area contributed by atoms with Crippen LogP contribution in [0.15, 0.2) is 30.9 Å². The van der Waals surface area contributed by atoms with E-state index in [0.717, 1.165) is 24.3 Å². The Morgan fingerprint density at radius 3 is 2.63 bits per heavy atom. The molecule has 1 aromatic carbocycles. The van der Waals surface area contributed by atoms with Crippen molar-refractivity contribution < 1.29 is 9.47 Å². The van der Waals surface area contributed by atoms with Crippen molar-refractivity contribution in [3.8, 4) is 11.5 Å². The molecule has 0 fully saturated rings. The van der Waals surface area contributed by atoms with Gasteiger partial charge >= 0.3 is 0 Å². The van der Waals surface area contributed by atoms with Gasteiger partial charge in [0.25, 0.3) is 0 Å². The van der Waals surface area contributed by atoms with Crippen LogP contribution in [0, 0.1) is 0 Å². The van der Waals surface area contributed by atoms with Gasteiger partial charge in [0.1, 0.15) is 6.10 Å². The summed E-state index contributed by atoms with van der Waals surface area (Å²) in [6.45, 7) is 10.3. The predicted molar refractivity (Wildman–Crippen MR) is 79.9 cm³/mol. The van der Waals surface area contributed by atoms with E-state index in [1.54, 1.807) is 6.08 Å². The summed E-state index contributed by atoms with van der Waals surface area (Å²) in [5.74, 6) is 1.53. The van der Waals surface area contributed by atoms with E-state index >= 15 is 0 Å². The Labute approximate surface area is 116 Å². The summed E-state index contributed by atoms with van der Waals surface area (Å²) in [5, 5.41) is 0. The van der Waals surface area contributed by atoms with Crippen LogP contribution in [0.5, 0.6) is 11.5 Å². The van der Waals surface area contributed by atoms with Crippen molar-refractivity contribution in [2.75, 3.05) is 6.61 Å². The van der Waals surface area contributed by atoms with Gasteiger partial charge in [0.05, 0.1) is 6.61 Å². The average molecular weight is 263 g/mol. The van der Waals surface area contributed by atoms with Gasteiger partial charge in [-0.1, -0.05) is 25.6 Å². The van der Waals surface area contributed by atoms with E-state index < -0.39 is 0 Å². The minimum atomic E-state index is -0.0389. The smallest absolute Gasteiger partial charge is 0.162 e. The highest BCUT2D eigenvalue weighted by Crippen LogP contribution is 2.30. The Morgan fingerprint density at radius 1 is 1.32 bits per heavy atom. The summed E-state index contributed by atoms with van der Waals surface area (Å²) < 4.78 is 11.4. The molecule has 19 heavy (non-hydrogen) atoms. The number of hydrogen-bond donors (Lipinski definition) is 1. The Balaban J connectivity index is 2.90. The maximum Gasteiger partial charge on any atom is 0.162 e. The van der Waals surface area contributed by atoms with Gasteiger partial charge in [-0.05, 0) is 44.4 Å². The second kappa shape index (κ2) is 7.85. The predicted octanol–water partition coefficient (Wildman–Crippen LogP) is 3.32. The molecule has 0 spiro atoms. The van der Waals surface area contributed by atoms with Gasteiger partial charge in [0.2, 0.25) is 0 Å². The van der Waals surface area contributed by atoms with Crippen LogP contribution < -0.4 is 15.2 Å². The van der Waals surface area contributed by atoms with E-state index in [9.17, 15) is 0 Å². The first-order chi connectivity index (χ1) is 9.10. The molecule has 0 saturated carbocycles. The van der Waals surface area contributed by atoms with Crippen molar-refractivity contribution in [3.63, 3.8) is 0 Å². The lowest BCUT2D eigenvalue weighted by molar-refractivity contribution is 0.245. The summed E-state index contributed by atoms with van der Waals surface area (Å²) in [5.41, 5.74) is 7.16. The van der Waals surface area contributed by atoms with Crippen molar-refractivity contribution in [1.82, 2.24) is 0 Å².